The van der Waals surface area contributed by atoms with Crippen LogP contribution in [0.2, 0.25) is 0 Å². The van der Waals surface area contributed by atoms with Crippen LogP contribution >= 0.6 is 8.03 Å². The summed E-state index contributed by atoms with van der Waals surface area (Å²) < 4.78 is 11.1. The number of aromatic nitrogens is 2. The molecule has 0 amide bonds. The first kappa shape index (κ1) is 13.9. The van der Waals surface area contributed by atoms with Gasteiger partial charge in [-0.25, -0.2) is 0 Å². The number of hydrogen-bond acceptors (Lipinski definition) is 4. The van der Waals surface area contributed by atoms with Crippen molar-refractivity contribution in [3.8, 4) is 0 Å². The van der Waals surface area contributed by atoms with E-state index in [1.54, 1.807) is 12.4 Å². The van der Waals surface area contributed by atoms with Gasteiger partial charge in [-0.15, -0.1) is 0 Å². The first-order chi connectivity index (χ1) is 9.24. The molecule has 0 aliphatic carbocycles. The van der Waals surface area contributed by atoms with Gasteiger partial charge >= 0.3 is 0 Å². The van der Waals surface area contributed by atoms with Crippen LogP contribution in [-0.2, 0) is 17.7 Å². The number of pyridine rings is 2. The summed E-state index contributed by atoms with van der Waals surface area (Å²) in [4.78, 5) is 19.5. The molecule has 0 saturated carbocycles. The van der Waals surface area contributed by atoms with Gasteiger partial charge in [0, 0.05) is 25.5 Å². The number of rotatable bonds is 6. The Labute approximate surface area is 112 Å². The van der Waals surface area contributed by atoms with Gasteiger partial charge < -0.3 is 4.89 Å². The van der Waals surface area contributed by atoms with E-state index >= 15 is 0 Å². The average Bonchev–Trinajstić information content (AvgIpc) is 2.40. The van der Waals surface area contributed by atoms with Crippen molar-refractivity contribution in [1.29, 1.82) is 0 Å². The Morgan fingerprint density at radius 1 is 1.00 bits per heavy atom. The fraction of sp³-hybridized carbons (Fsp3) is 0.231. The van der Waals surface area contributed by atoms with Gasteiger partial charge in [-0.2, -0.15) is 0 Å². The van der Waals surface area contributed by atoms with E-state index in [9.17, 15) is 4.57 Å². The second kappa shape index (κ2) is 7.14. The van der Waals surface area contributed by atoms with Crippen LogP contribution in [0, 0.1) is 0 Å². The van der Waals surface area contributed by atoms with Crippen molar-refractivity contribution in [1.82, 2.24) is 14.9 Å². The van der Waals surface area contributed by atoms with E-state index in [2.05, 4.69) is 9.97 Å². The molecule has 100 valence electrons. The molecular weight excluding hydrogens is 261 g/mol. The summed E-state index contributed by atoms with van der Waals surface area (Å²) in [5.74, 6) is 0. The highest BCUT2D eigenvalue weighted by atomic mass is 31.1. The molecule has 0 aliphatic rings. The fourth-order valence-corrected chi connectivity index (χ4v) is 2.41. The Bertz CT molecular complexity index is 480. The van der Waals surface area contributed by atoms with Gasteiger partial charge in [0.25, 0.3) is 0 Å². The minimum Gasteiger partial charge on any atom is -0.345 e. The van der Waals surface area contributed by atoms with Gasteiger partial charge in [-0.1, -0.05) is 12.1 Å². The smallest absolute Gasteiger partial charge is 0.202 e. The Hall–Kier alpha value is -1.55. The largest absolute Gasteiger partial charge is 0.345 e. The van der Waals surface area contributed by atoms with Crippen LogP contribution in [0.4, 0.5) is 0 Å². The summed E-state index contributed by atoms with van der Waals surface area (Å²) in [7, 11) is -2.55. The summed E-state index contributed by atoms with van der Waals surface area (Å²) >= 11 is 0. The zero-order chi connectivity index (χ0) is 13.5. The molecule has 1 N–H and O–H groups in total. The van der Waals surface area contributed by atoms with Gasteiger partial charge in [0.15, 0.2) is 0 Å². The van der Waals surface area contributed by atoms with Crippen LogP contribution in [0.3, 0.4) is 0 Å². The van der Waals surface area contributed by atoms with Crippen molar-refractivity contribution in [3.63, 3.8) is 0 Å². The Morgan fingerprint density at radius 3 is 1.89 bits per heavy atom. The standard InChI is InChI=1S/C13H16N3O2P/c17-19(18)11-16(9-12-5-1-3-7-14-12)10-13-6-2-4-8-15-13/h1-8,19H,9-11H2,(H,17,18). The second-order valence-electron chi connectivity index (χ2n) is 4.18. The van der Waals surface area contributed by atoms with Crippen molar-refractivity contribution in [2.45, 2.75) is 13.1 Å². The van der Waals surface area contributed by atoms with Crippen LogP contribution in [0.5, 0.6) is 0 Å². The van der Waals surface area contributed by atoms with Gasteiger partial charge in [0.2, 0.25) is 8.03 Å². The summed E-state index contributed by atoms with van der Waals surface area (Å²) in [5.41, 5.74) is 1.75. The van der Waals surface area contributed by atoms with Crippen molar-refractivity contribution in [3.05, 3.63) is 60.2 Å². The third-order valence-corrected chi connectivity index (χ3v) is 3.30. The van der Waals surface area contributed by atoms with Crippen molar-refractivity contribution < 1.29 is 9.46 Å². The molecule has 0 bridgehead atoms. The Balaban J connectivity index is 2.06. The molecule has 1 atom stereocenters. The normalized spacial score (nSPS) is 12.5. The van der Waals surface area contributed by atoms with E-state index in [0.29, 0.717) is 13.1 Å². The molecule has 2 heterocycles. The van der Waals surface area contributed by atoms with Crippen LogP contribution in [-0.4, -0.2) is 26.0 Å². The molecule has 1 unspecified atom stereocenters. The third-order valence-electron chi connectivity index (χ3n) is 2.58. The lowest BCUT2D eigenvalue weighted by atomic mass is 10.3. The summed E-state index contributed by atoms with van der Waals surface area (Å²) in [6.45, 7) is 1.07. The molecule has 5 nitrogen and oxygen atoms in total. The molecular formula is C13H16N3O2P. The minimum absolute atomic E-state index is 0.151. The lowest BCUT2D eigenvalue weighted by Crippen LogP contribution is -2.23. The maximum atomic E-state index is 11.1. The van der Waals surface area contributed by atoms with E-state index in [-0.39, 0.29) is 6.29 Å². The predicted molar refractivity (Wildman–Crippen MR) is 73.8 cm³/mol. The molecule has 2 aromatic rings. The first-order valence-corrected chi connectivity index (χ1v) is 7.54. The SMILES string of the molecule is O=[PH](O)CN(Cc1ccccn1)Cc1ccccn1. The summed E-state index contributed by atoms with van der Waals surface area (Å²) in [6.07, 6.45) is 3.59. The Kier molecular flexibility index (Phi) is 5.21. The molecule has 0 spiro atoms. The molecule has 0 radical (unpaired) electrons. The van der Waals surface area contributed by atoms with Gasteiger partial charge in [0.05, 0.1) is 17.7 Å². The van der Waals surface area contributed by atoms with Gasteiger partial charge in [0.1, 0.15) is 0 Å². The van der Waals surface area contributed by atoms with Crippen LogP contribution < -0.4 is 0 Å². The maximum Gasteiger partial charge on any atom is 0.202 e. The first-order valence-electron chi connectivity index (χ1n) is 5.98. The van der Waals surface area contributed by atoms with E-state index in [1.165, 1.54) is 0 Å². The fourth-order valence-electron chi connectivity index (χ4n) is 1.80. The zero-order valence-electron chi connectivity index (χ0n) is 10.4. The average molecular weight is 277 g/mol. The third kappa shape index (κ3) is 4.91. The van der Waals surface area contributed by atoms with E-state index in [4.69, 9.17) is 4.89 Å². The van der Waals surface area contributed by atoms with Crippen molar-refractivity contribution in [2.75, 3.05) is 6.29 Å². The molecule has 0 saturated heterocycles. The van der Waals surface area contributed by atoms with Crippen molar-refractivity contribution in [2.24, 2.45) is 0 Å². The molecule has 0 aromatic carbocycles. The lowest BCUT2D eigenvalue weighted by molar-refractivity contribution is 0.284. The highest BCUT2D eigenvalue weighted by Gasteiger charge is 2.10. The molecule has 0 aliphatic heterocycles. The molecule has 0 fully saturated rings. The van der Waals surface area contributed by atoms with Crippen molar-refractivity contribution >= 4 is 8.03 Å². The monoisotopic (exact) mass is 277 g/mol. The van der Waals surface area contributed by atoms with E-state index in [1.807, 2.05) is 41.3 Å². The number of hydrogen-bond donors (Lipinski definition) is 1. The summed E-state index contributed by atoms with van der Waals surface area (Å²) in [5, 5.41) is 0. The predicted octanol–water partition coefficient (Wildman–Crippen LogP) is 1.90. The van der Waals surface area contributed by atoms with E-state index < -0.39 is 8.03 Å². The van der Waals surface area contributed by atoms with Gasteiger partial charge in [-0.05, 0) is 24.3 Å². The summed E-state index contributed by atoms with van der Waals surface area (Å²) in [6, 6.07) is 11.3. The van der Waals surface area contributed by atoms with E-state index in [0.717, 1.165) is 11.4 Å². The topological polar surface area (TPSA) is 66.3 Å². The van der Waals surface area contributed by atoms with Crippen LogP contribution in [0.15, 0.2) is 48.8 Å². The van der Waals surface area contributed by atoms with Crippen LogP contribution in [0.25, 0.3) is 0 Å². The molecule has 6 heteroatoms. The van der Waals surface area contributed by atoms with Gasteiger partial charge in [-0.3, -0.25) is 19.4 Å². The molecule has 19 heavy (non-hydrogen) atoms. The zero-order valence-corrected chi connectivity index (χ0v) is 11.4. The van der Waals surface area contributed by atoms with Crippen LogP contribution in [0.1, 0.15) is 11.4 Å². The minimum atomic E-state index is -2.55. The Morgan fingerprint density at radius 2 is 1.53 bits per heavy atom. The highest BCUT2D eigenvalue weighted by molar-refractivity contribution is 7.37. The molecule has 2 rings (SSSR count). The quantitative estimate of drug-likeness (QED) is 0.817. The highest BCUT2D eigenvalue weighted by Crippen LogP contribution is 2.18. The number of nitrogens with zero attached hydrogens (tertiary/aromatic N) is 3. The lowest BCUT2D eigenvalue weighted by Gasteiger charge is -2.19. The molecule has 2 aromatic heterocycles. The second-order valence-corrected chi connectivity index (χ2v) is 5.28. The maximum absolute atomic E-state index is 11.1.